The van der Waals surface area contributed by atoms with E-state index in [1.165, 1.54) is 238 Å². The Bertz CT molecular complexity index is 2020. The van der Waals surface area contributed by atoms with Gasteiger partial charge in [0.15, 0.2) is 12.2 Å². The lowest BCUT2D eigenvalue weighted by molar-refractivity contribution is -0.161. The van der Waals surface area contributed by atoms with Crippen molar-refractivity contribution in [2.45, 2.75) is 459 Å². The molecule has 5 atom stereocenters. The van der Waals surface area contributed by atoms with E-state index in [0.717, 1.165) is 114 Å². The first-order valence-electron chi connectivity index (χ1n) is 43.7. The van der Waals surface area contributed by atoms with Crippen molar-refractivity contribution in [3.05, 3.63) is 0 Å². The number of ether oxygens (including phenoxy) is 4. The zero-order valence-electron chi connectivity index (χ0n) is 68.7. The molecule has 0 radical (unpaired) electrons. The van der Waals surface area contributed by atoms with Crippen LogP contribution in [0.3, 0.4) is 0 Å². The molecule has 0 fully saturated rings. The van der Waals surface area contributed by atoms with Crippen LogP contribution in [-0.2, 0) is 65.4 Å². The Morgan fingerprint density at radius 1 is 0.240 bits per heavy atom. The molecule has 0 aliphatic rings. The molecule has 19 heteroatoms. The lowest BCUT2D eigenvalue weighted by Gasteiger charge is -2.21. The van der Waals surface area contributed by atoms with Gasteiger partial charge in [-0.2, -0.15) is 0 Å². The fourth-order valence-corrected chi connectivity index (χ4v) is 14.7. The van der Waals surface area contributed by atoms with Crippen LogP contribution >= 0.6 is 15.6 Å². The molecule has 104 heavy (non-hydrogen) atoms. The maximum atomic E-state index is 13.1. The Kier molecular flexibility index (Phi) is 72.5. The number of aliphatic hydroxyl groups is 1. The minimum Gasteiger partial charge on any atom is -0.462 e. The molecule has 0 aliphatic carbocycles. The van der Waals surface area contributed by atoms with E-state index < -0.39 is 97.5 Å². The van der Waals surface area contributed by atoms with E-state index in [-0.39, 0.29) is 25.7 Å². The molecule has 2 unspecified atom stereocenters. The van der Waals surface area contributed by atoms with Gasteiger partial charge in [0.25, 0.3) is 0 Å². The first-order chi connectivity index (χ1) is 50.1. The SMILES string of the molecule is CC(C)CCCCCCCCCCCCCCCCCCCCC(=O)OC[C@H](COP(=O)(O)OC[C@@H](O)COP(=O)(O)OC[C@@H](COC(=O)CCCCCCCCC(C)C)OC(=O)CCCCCCCCCCCCC(C)C)OC(=O)CCCCCCCCCCCCCCCCCCCCC(C)C. The number of phosphoric acid groups is 2. The summed E-state index contributed by atoms with van der Waals surface area (Å²) in [5, 5.41) is 10.7. The van der Waals surface area contributed by atoms with Gasteiger partial charge >= 0.3 is 39.5 Å². The van der Waals surface area contributed by atoms with E-state index in [4.69, 9.17) is 37.0 Å². The van der Waals surface area contributed by atoms with Crippen molar-refractivity contribution in [2.24, 2.45) is 23.7 Å². The summed E-state index contributed by atoms with van der Waals surface area (Å²) in [4.78, 5) is 73.1. The molecule has 0 bridgehead atoms. The average molecular weight is 1520 g/mol. The van der Waals surface area contributed by atoms with Crippen LogP contribution in [-0.4, -0.2) is 96.7 Å². The van der Waals surface area contributed by atoms with Crippen molar-refractivity contribution in [3.8, 4) is 0 Å². The van der Waals surface area contributed by atoms with Crippen molar-refractivity contribution >= 4 is 39.5 Å². The second kappa shape index (κ2) is 73.8. The number of hydrogen-bond acceptors (Lipinski definition) is 15. The Labute approximate surface area is 638 Å². The summed E-state index contributed by atoms with van der Waals surface area (Å²) >= 11 is 0. The molecule has 618 valence electrons. The van der Waals surface area contributed by atoms with Gasteiger partial charge in [0.05, 0.1) is 26.4 Å². The van der Waals surface area contributed by atoms with Crippen molar-refractivity contribution in [1.29, 1.82) is 0 Å². The molecule has 0 aliphatic heterocycles. The van der Waals surface area contributed by atoms with Gasteiger partial charge in [0.1, 0.15) is 19.3 Å². The van der Waals surface area contributed by atoms with Crippen molar-refractivity contribution in [3.63, 3.8) is 0 Å². The first kappa shape index (κ1) is 102. The lowest BCUT2D eigenvalue weighted by atomic mass is 10.0. The zero-order valence-corrected chi connectivity index (χ0v) is 70.5. The standard InChI is InChI=1S/C85H166O17P2/c1-75(2)61-53-45-37-31-25-21-17-13-9-11-15-19-23-27-34-40-49-57-65-82(87)95-71-80(101-84(89)67-59-51-41-35-28-24-20-16-12-10-14-18-22-26-32-38-46-54-62-76(3)4)73-99-103(91,92)97-69-79(86)70-98-104(93,94)100-74-81(72-96-83(88)66-58-50-44-43-48-56-64-78(7)8)102-85(90)68-60-52-42-36-30-29-33-39-47-55-63-77(5)6/h75-81,86H,9-74H2,1-8H3,(H,91,92)(H,93,94)/t79-,80-,81-/m1/s1. The molecule has 17 nitrogen and oxygen atoms in total. The van der Waals surface area contributed by atoms with Crippen LogP contribution in [0.25, 0.3) is 0 Å². The number of carbonyl (C=O) groups is 4. The minimum atomic E-state index is -4.97. The van der Waals surface area contributed by atoms with Gasteiger partial charge in [0.2, 0.25) is 0 Å². The molecule has 0 aromatic carbocycles. The molecule has 0 saturated heterocycles. The first-order valence-corrected chi connectivity index (χ1v) is 46.7. The predicted octanol–water partition coefficient (Wildman–Crippen LogP) is 25.6. The van der Waals surface area contributed by atoms with Gasteiger partial charge in [-0.05, 0) is 49.4 Å². The summed E-state index contributed by atoms with van der Waals surface area (Å²) in [6.07, 6.45) is 62.8. The molecular weight excluding hydrogens is 1350 g/mol. The Morgan fingerprint density at radius 3 is 0.596 bits per heavy atom. The third-order valence-electron chi connectivity index (χ3n) is 19.8. The Balaban J connectivity index is 5.19. The third-order valence-corrected chi connectivity index (χ3v) is 21.7. The molecule has 0 aromatic heterocycles. The summed E-state index contributed by atoms with van der Waals surface area (Å²) in [7, 11) is -9.92. The quantitative estimate of drug-likeness (QED) is 0.0222. The maximum Gasteiger partial charge on any atom is 0.472 e. The second-order valence-corrected chi connectivity index (χ2v) is 35.4. The zero-order chi connectivity index (χ0) is 76.7. The Morgan fingerprint density at radius 2 is 0.404 bits per heavy atom. The predicted molar refractivity (Wildman–Crippen MR) is 428 cm³/mol. The van der Waals surface area contributed by atoms with Gasteiger partial charge in [-0.1, -0.05) is 389 Å². The number of aliphatic hydroxyl groups excluding tert-OH is 1. The molecular formula is C85H166O17P2. The number of esters is 4. The number of carbonyl (C=O) groups excluding carboxylic acids is 4. The van der Waals surface area contributed by atoms with Crippen molar-refractivity contribution < 1.29 is 80.2 Å². The van der Waals surface area contributed by atoms with Crippen LogP contribution in [0.5, 0.6) is 0 Å². The largest absolute Gasteiger partial charge is 0.472 e. The molecule has 0 spiro atoms. The summed E-state index contributed by atoms with van der Waals surface area (Å²) in [6.45, 7) is 14.2. The summed E-state index contributed by atoms with van der Waals surface area (Å²) in [5.41, 5.74) is 0. The Hall–Kier alpha value is -1.94. The van der Waals surface area contributed by atoms with Crippen LogP contribution < -0.4 is 0 Å². The van der Waals surface area contributed by atoms with Crippen LogP contribution in [0.15, 0.2) is 0 Å². The fourth-order valence-electron chi connectivity index (χ4n) is 13.1. The highest BCUT2D eigenvalue weighted by atomic mass is 31.2. The number of unbranched alkanes of at least 4 members (excludes halogenated alkanes) is 48. The topological polar surface area (TPSA) is 237 Å². The monoisotopic (exact) mass is 1520 g/mol. The smallest absolute Gasteiger partial charge is 0.462 e. The number of phosphoric ester groups is 2. The van der Waals surface area contributed by atoms with Gasteiger partial charge in [-0.3, -0.25) is 37.3 Å². The van der Waals surface area contributed by atoms with Crippen LogP contribution in [0.4, 0.5) is 0 Å². The number of rotatable bonds is 82. The highest BCUT2D eigenvalue weighted by Crippen LogP contribution is 2.45. The van der Waals surface area contributed by atoms with Gasteiger partial charge < -0.3 is 33.8 Å². The van der Waals surface area contributed by atoms with Crippen molar-refractivity contribution in [2.75, 3.05) is 39.6 Å². The summed E-state index contributed by atoms with van der Waals surface area (Å²) < 4.78 is 68.8. The molecule has 0 heterocycles. The van der Waals surface area contributed by atoms with Crippen LogP contribution in [0.2, 0.25) is 0 Å². The van der Waals surface area contributed by atoms with Gasteiger partial charge in [0, 0.05) is 25.7 Å². The van der Waals surface area contributed by atoms with E-state index in [0.29, 0.717) is 31.6 Å². The molecule has 0 rings (SSSR count). The molecule has 0 saturated carbocycles. The van der Waals surface area contributed by atoms with Gasteiger partial charge in [-0.15, -0.1) is 0 Å². The van der Waals surface area contributed by atoms with E-state index in [9.17, 15) is 43.2 Å². The third kappa shape index (κ3) is 78.2. The van der Waals surface area contributed by atoms with E-state index in [1.807, 2.05) is 0 Å². The van der Waals surface area contributed by atoms with E-state index in [1.54, 1.807) is 0 Å². The second-order valence-electron chi connectivity index (χ2n) is 32.5. The highest BCUT2D eigenvalue weighted by Gasteiger charge is 2.30. The minimum absolute atomic E-state index is 0.105. The van der Waals surface area contributed by atoms with Crippen LogP contribution in [0.1, 0.15) is 441 Å². The highest BCUT2D eigenvalue weighted by molar-refractivity contribution is 7.47. The molecule has 3 N–H and O–H groups in total. The van der Waals surface area contributed by atoms with Crippen LogP contribution in [0, 0.1) is 23.7 Å². The normalized spacial score (nSPS) is 14.0. The maximum absolute atomic E-state index is 13.1. The fraction of sp³-hybridized carbons (Fsp3) is 0.953. The molecule has 0 amide bonds. The summed E-state index contributed by atoms with van der Waals surface area (Å²) in [5.74, 6) is 0.962. The van der Waals surface area contributed by atoms with E-state index >= 15 is 0 Å². The number of hydrogen-bond donors (Lipinski definition) is 3. The lowest BCUT2D eigenvalue weighted by Crippen LogP contribution is -2.30. The summed E-state index contributed by atoms with van der Waals surface area (Å²) in [6, 6.07) is 0. The van der Waals surface area contributed by atoms with E-state index in [2.05, 4.69) is 55.4 Å². The average Bonchev–Trinajstić information content (AvgIpc) is 0.903. The van der Waals surface area contributed by atoms with Crippen molar-refractivity contribution in [1.82, 2.24) is 0 Å². The molecule has 0 aromatic rings. The van der Waals surface area contributed by atoms with Gasteiger partial charge in [-0.25, -0.2) is 9.13 Å².